The van der Waals surface area contributed by atoms with Gasteiger partial charge in [-0.15, -0.1) is 0 Å². The van der Waals surface area contributed by atoms with E-state index in [1.807, 2.05) is 0 Å². The molecule has 0 heterocycles. The minimum Gasteiger partial charge on any atom is -0.414 e. The van der Waals surface area contributed by atoms with Crippen molar-refractivity contribution in [1.29, 1.82) is 0 Å². The Kier molecular flexibility index (Phi) is 14.3. The maximum atomic E-state index is 10.1. The maximum Gasteiger partial charge on any atom is 0.192 e. The van der Waals surface area contributed by atoms with Gasteiger partial charge in [-0.05, 0) is 43.8 Å². The van der Waals surface area contributed by atoms with Gasteiger partial charge in [-0.25, -0.2) is 0 Å². The van der Waals surface area contributed by atoms with Crippen LogP contribution in [0.4, 0.5) is 0 Å². The van der Waals surface area contributed by atoms with E-state index in [9.17, 15) is 5.11 Å². The number of unbranched alkanes of at least 4 members (excludes halogenated alkanes) is 6. The van der Waals surface area contributed by atoms with Crippen LogP contribution >= 0.6 is 0 Å². The lowest BCUT2D eigenvalue weighted by atomic mass is 10.0. The van der Waals surface area contributed by atoms with E-state index in [1.54, 1.807) is 0 Å². The highest BCUT2D eigenvalue weighted by Crippen LogP contribution is 2.38. The summed E-state index contributed by atoms with van der Waals surface area (Å²) < 4.78 is 6.73. The summed E-state index contributed by atoms with van der Waals surface area (Å²) in [4.78, 5) is 0. The zero-order valence-electron chi connectivity index (χ0n) is 19.2. The molecule has 158 valence electrons. The van der Waals surface area contributed by atoms with Gasteiger partial charge in [-0.3, -0.25) is 0 Å². The minimum atomic E-state index is -1.67. The Bertz CT molecular complexity index is 323. The number of aliphatic hydroxyl groups excluding tert-OH is 1. The SMILES string of the molecule is CCCCC[C@@H](O)CCCCC[C@H](CCCCC)O[Si](C)(C)C(C)(C)C. The van der Waals surface area contributed by atoms with Crippen LogP contribution in [0.2, 0.25) is 18.1 Å². The van der Waals surface area contributed by atoms with Crippen LogP contribution in [0.3, 0.4) is 0 Å². The Morgan fingerprint density at radius 1 is 0.731 bits per heavy atom. The highest BCUT2D eigenvalue weighted by molar-refractivity contribution is 6.74. The minimum absolute atomic E-state index is 0.0783. The Hall–Kier alpha value is 0.137. The van der Waals surface area contributed by atoms with Crippen molar-refractivity contribution in [2.24, 2.45) is 0 Å². The van der Waals surface area contributed by atoms with E-state index in [0.29, 0.717) is 11.1 Å². The topological polar surface area (TPSA) is 29.5 Å². The molecule has 26 heavy (non-hydrogen) atoms. The Balaban J connectivity index is 4.19. The van der Waals surface area contributed by atoms with Gasteiger partial charge in [0.25, 0.3) is 0 Å². The number of hydrogen-bond acceptors (Lipinski definition) is 2. The molecule has 0 fully saturated rings. The standard InChI is InChI=1S/C23H50O2Si/c1-8-10-13-17-21(24)18-15-12-16-20-22(19-14-11-9-2)25-26(6,7)23(3,4)5/h21-22,24H,8-20H2,1-7H3/t21-,22+/m1/s1. The van der Waals surface area contributed by atoms with Crippen molar-refractivity contribution < 1.29 is 9.53 Å². The van der Waals surface area contributed by atoms with Crippen LogP contribution in [0.1, 0.15) is 118 Å². The molecule has 0 unspecified atom stereocenters. The van der Waals surface area contributed by atoms with Gasteiger partial charge in [-0.2, -0.15) is 0 Å². The lowest BCUT2D eigenvalue weighted by molar-refractivity contribution is 0.142. The summed E-state index contributed by atoms with van der Waals surface area (Å²) in [7, 11) is -1.67. The van der Waals surface area contributed by atoms with Crippen LogP contribution < -0.4 is 0 Å². The van der Waals surface area contributed by atoms with Crippen LogP contribution in [0.5, 0.6) is 0 Å². The molecular formula is C23H50O2Si. The Morgan fingerprint density at radius 3 is 1.62 bits per heavy atom. The third-order valence-electron chi connectivity index (χ3n) is 6.10. The van der Waals surface area contributed by atoms with Crippen molar-refractivity contribution in [3.8, 4) is 0 Å². The van der Waals surface area contributed by atoms with Gasteiger partial charge in [0.05, 0.1) is 6.10 Å². The average Bonchev–Trinajstić information content (AvgIpc) is 2.53. The monoisotopic (exact) mass is 386 g/mol. The normalized spacial score (nSPS) is 15.2. The second kappa shape index (κ2) is 14.2. The molecule has 2 atom stereocenters. The fourth-order valence-electron chi connectivity index (χ4n) is 3.18. The molecule has 0 bridgehead atoms. The van der Waals surface area contributed by atoms with Crippen molar-refractivity contribution >= 4 is 8.32 Å². The molecule has 0 aromatic heterocycles. The summed E-state index contributed by atoms with van der Waals surface area (Å²) in [6.07, 6.45) is 16.0. The number of hydrogen-bond donors (Lipinski definition) is 1. The number of aliphatic hydroxyl groups is 1. The molecule has 2 nitrogen and oxygen atoms in total. The predicted octanol–water partition coefficient (Wildman–Crippen LogP) is 7.85. The van der Waals surface area contributed by atoms with E-state index in [2.05, 4.69) is 47.7 Å². The van der Waals surface area contributed by atoms with Crippen LogP contribution in [0.25, 0.3) is 0 Å². The van der Waals surface area contributed by atoms with E-state index in [1.165, 1.54) is 64.2 Å². The molecule has 0 aliphatic heterocycles. The summed E-state index contributed by atoms with van der Waals surface area (Å²) >= 11 is 0. The zero-order chi connectivity index (χ0) is 20.1. The smallest absolute Gasteiger partial charge is 0.192 e. The molecule has 0 spiro atoms. The first-order valence-corrected chi connectivity index (χ1v) is 14.4. The Labute approximate surface area is 166 Å². The van der Waals surface area contributed by atoms with Crippen LogP contribution in [0, 0.1) is 0 Å². The van der Waals surface area contributed by atoms with Gasteiger partial charge in [0.2, 0.25) is 0 Å². The third-order valence-corrected chi connectivity index (χ3v) is 10.6. The molecule has 0 rings (SSSR count). The van der Waals surface area contributed by atoms with Crippen molar-refractivity contribution in [1.82, 2.24) is 0 Å². The van der Waals surface area contributed by atoms with E-state index in [-0.39, 0.29) is 6.10 Å². The van der Waals surface area contributed by atoms with Gasteiger partial charge in [0.15, 0.2) is 8.32 Å². The second-order valence-corrected chi connectivity index (χ2v) is 14.5. The summed E-state index contributed by atoms with van der Waals surface area (Å²) in [5, 5.41) is 10.3. The highest BCUT2D eigenvalue weighted by atomic mass is 28.4. The molecule has 0 amide bonds. The first-order valence-electron chi connectivity index (χ1n) is 11.5. The summed E-state index contributed by atoms with van der Waals surface area (Å²) in [6, 6.07) is 0. The molecule has 3 heteroatoms. The first-order chi connectivity index (χ1) is 12.1. The lowest BCUT2D eigenvalue weighted by Crippen LogP contribution is -2.44. The largest absolute Gasteiger partial charge is 0.414 e. The molecule has 0 aliphatic rings. The lowest BCUT2D eigenvalue weighted by Gasteiger charge is -2.39. The molecule has 0 aromatic carbocycles. The van der Waals surface area contributed by atoms with Crippen molar-refractivity contribution in [2.75, 3.05) is 0 Å². The molecule has 0 saturated heterocycles. The zero-order valence-corrected chi connectivity index (χ0v) is 20.2. The summed E-state index contributed by atoms with van der Waals surface area (Å²) in [6.45, 7) is 16.3. The predicted molar refractivity (Wildman–Crippen MR) is 119 cm³/mol. The number of rotatable bonds is 16. The molecule has 0 aromatic rings. The van der Waals surface area contributed by atoms with Crippen LogP contribution in [0.15, 0.2) is 0 Å². The quantitative estimate of drug-likeness (QED) is 0.216. The summed E-state index contributed by atoms with van der Waals surface area (Å²) in [5.74, 6) is 0. The van der Waals surface area contributed by atoms with E-state index in [4.69, 9.17) is 4.43 Å². The molecule has 0 radical (unpaired) electrons. The fraction of sp³-hybridized carbons (Fsp3) is 1.00. The maximum absolute atomic E-state index is 10.1. The van der Waals surface area contributed by atoms with E-state index in [0.717, 1.165) is 19.3 Å². The van der Waals surface area contributed by atoms with Crippen molar-refractivity contribution in [3.63, 3.8) is 0 Å². The van der Waals surface area contributed by atoms with Crippen LogP contribution in [-0.4, -0.2) is 25.6 Å². The first kappa shape index (κ1) is 26.1. The van der Waals surface area contributed by atoms with Gasteiger partial charge < -0.3 is 9.53 Å². The fourth-order valence-corrected chi connectivity index (χ4v) is 4.60. The van der Waals surface area contributed by atoms with Crippen molar-refractivity contribution in [2.45, 2.75) is 148 Å². The highest BCUT2D eigenvalue weighted by Gasteiger charge is 2.38. The third kappa shape index (κ3) is 12.5. The molecule has 0 aliphatic carbocycles. The average molecular weight is 387 g/mol. The molecule has 0 saturated carbocycles. The summed E-state index contributed by atoms with van der Waals surface area (Å²) in [5.41, 5.74) is 0. The van der Waals surface area contributed by atoms with Gasteiger partial charge in [0.1, 0.15) is 0 Å². The molecule has 1 N–H and O–H groups in total. The second-order valence-electron chi connectivity index (χ2n) is 9.78. The Morgan fingerprint density at radius 2 is 1.15 bits per heavy atom. The van der Waals surface area contributed by atoms with E-state index < -0.39 is 8.32 Å². The van der Waals surface area contributed by atoms with Crippen molar-refractivity contribution in [3.05, 3.63) is 0 Å². The van der Waals surface area contributed by atoms with Gasteiger partial charge in [-0.1, -0.05) is 92.4 Å². The molecular weight excluding hydrogens is 336 g/mol. The van der Waals surface area contributed by atoms with Gasteiger partial charge in [0, 0.05) is 6.10 Å². The van der Waals surface area contributed by atoms with Gasteiger partial charge >= 0.3 is 0 Å². The van der Waals surface area contributed by atoms with Crippen LogP contribution in [-0.2, 0) is 4.43 Å². The van der Waals surface area contributed by atoms with E-state index >= 15 is 0 Å².